The van der Waals surface area contributed by atoms with Crippen molar-refractivity contribution in [2.24, 2.45) is 0 Å². The van der Waals surface area contributed by atoms with Crippen LogP contribution >= 0.6 is 0 Å². The first-order valence-corrected chi connectivity index (χ1v) is 20.8. The summed E-state index contributed by atoms with van der Waals surface area (Å²) in [6.07, 6.45) is 0. The zero-order valence-corrected chi connectivity index (χ0v) is 33.0. The Balaban J connectivity index is 1.09. The molecule has 12 rings (SSSR count). The Morgan fingerprint density at radius 3 is 1.70 bits per heavy atom. The number of hydrogen-bond donors (Lipinski definition) is 0. The first-order chi connectivity index (χ1) is 29.8. The summed E-state index contributed by atoms with van der Waals surface area (Å²) in [5.74, 6) is 0. The third kappa shape index (κ3) is 5.13. The molecule has 0 radical (unpaired) electrons. The molecule has 0 N–H and O–H groups in total. The highest BCUT2D eigenvalue weighted by molar-refractivity contribution is 6.10. The minimum Gasteiger partial charge on any atom is -0.309 e. The van der Waals surface area contributed by atoms with Gasteiger partial charge in [-0.1, -0.05) is 206 Å². The smallest absolute Gasteiger partial charge is 0.0713 e. The quantitative estimate of drug-likeness (QED) is 0.165. The van der Waals surface area contributed by atoms with Gasteiger partial charge in [-0.05, 0) is 108 Å². The maximum Gasteiger partial charge on any atom is 0.0713 e. The Hall–Kier alpha value is -7.74. The molecule has 1 nitrogen and oxygen atoms in total. The van der Waals surface area contributed by atoms with Gasteiger partial charge >= 0.3 is 0 Å². The number of nitrogens with zero attached hydrogens (tertiary/aromatic N) is 1. The van der Waals surface area contributed by atoms with Crippen molar-refractivity contribution in [3.05, 3.63) is 259 Å². The molecule has 0 fully saturated rings. The maximum atomic E-state index is 2.41. The summed E-state index contributed by atoms with van der Waals surface area (Å²) in [5, 5.41) is 4.99. The maximum absolute atomic E-state index is 2.41. The first kappa shape index (κ1) is 34.3. The van der Waals surface area contributed by atoms with Crippen LogP contribution < -0.4 is 0 Å². The molecule has 1 atom stereocenters. The zero-order valence-electron chi connectivity index (χ0n) is 33.0. The van der Waals surface area contributed by atoms with Crippen LogP contribution in [0.15, 0.2) is 237 Å². The standard InChI is InChI=1S/C59H39N/c1-3-17-42(18-4-1)58-52-26-15-28-55(58)59(45-20-5-2-6-21-45,54-27-13-11-24-50(54)48-22-9-10-23-49(48)52)46-34-30-41(31-35-46)44-33-37-57-53(39-44)51-25-12-14-29-56(51)60(57)47-36-32-40-16-7-8-19-43(40)38-47/h1-39H. The highest BCUT2D eigenvalue weighted by atomic mass is 15.0. The lowest BCUT2D eigenvalue weighted by Crippen LogP contribution is -2.33. The Kier molecular flexibility index (Phi) is 7.83. The van der Waals surface area contributed by atoms with E-state index in [4.69, 9.17) is 0 Å². The van der Waals surface area contributed by atoms with Crippen LogP contribution in [-0.4, -0.2) is 4.57 Å². The summed E-state index contributed by atoms with van der Waals surface area (Å²) < 4.78 is 2.41. The van der Waals surface area contributed by atoms with Gasteiger partial charge in [-0.15, -0.1) is 0 Å². The number of benzene rings is 10. The van der Waals surface area contributed by atoms with Gasteiger partial charge in [0.1, 0.15) is 0 Å². The number of hydrogen-bond acceptors (Lipinski definition) is 0. The zero-order chi connectivity index (χ0) is 39.6. The fourth-order valence-electron chi connectivity index (χ4n) is 10.3. The Labute approximate surface area is 350 Å². The summed E-state index contributed by atoms with van der Waals surface area (Å²) in [5.41, 5.74) is 17.8. The molecule has 280 valence electrons. The molecule has 0 amide bonds. The van der Waals surface area contributed by atoms with E-state index in [-0.39, 0.29) is 0 Å². The third-order valence-corrected chi connectivity index (χ3v) is 12.9. The molecule has 1 aromatic heterocycles. The molecule has 2 bridgehead atoms. The van der Waals surface area contributed by atoms with Crippen molar-refractivity contribution in [2.45, 2.75) is 5.41 Å². The second kappa shape index (κ2) is 13.7. The van der Waals surface area contributed by atoms with Crippen LogP contribution in [0, 0.1) is 0 Å². The van der Waals surface area contributed by atoms with Crippen LogP contribution in [-0.2, 0) is 5.41 Å². The largest absolute Gasteiger partial charge is 0.309 e. The van der Waals surface area contributed by atoms with Crippen LogP contribution in [0.25, 0.3) is 82.8 Å². The lowest BCUT2D eigenvalue weighted by molar-refractivity contribution is 0.748. The van der Waals surface area contributed by atoms with E-state index in [0.29, 0.717) is 0 Å². The van der Waals surface area contributed by atoms with E-state index in [1.54, 1.807) is 0 Å². The molecular weight excluding hydrogens is 723 g/mol. The molecule has 1 unspecified atom stereocenters. The van der Waals surface area contributed by atoms with E-state index in [0.717, 1.165) is 0 Å². The average molecular weight is 762 g/mol. The molecule has 0 spiro atoms. The van der Waals surface area contributed by atoms with Crippen LogP contribution in [0.1, 0.15) is 22.3 Å². The van der Waals surface area contributed by atoms with Gasteiger partial charge in [-0.25, -0.2) is 0 Å². The molecule has 1 aliphatic rings. The van der Waals surface area contributed by atoms with Crippen molar-refractivity contribution in [1.82, 2.24) is 4.57 Å². The van der Waals surface area contributed by atoms with Gasteiger partial charge in [0.2, 0.25) is 0 Å². The molecule has 0 aliphatic heterocycles. The second-order valence-corrected chi connectivity index (χ2v) is 16.0. The Bertz CT molecular complexity index is 3410. The van der Waals surface area contributed by atoms with Crippen LogP contribution in [0.4, 0.5) is 0 Å². The molecule has 10 aromatic carbocycles. The lowest BCUT2D eigenvalue weighted by atomic mass is 9.60. The van der Waals surface area contributed by atoms with Crippen LogP contribution in [0.2, 0.25) is 0 Å². The fourth-order valence-corrected chi connectivity index (χ4v) is 10.3. The number of fused-ring (bicyclic) bond motifs is 10. The van der Waals surface area contributed by atoms with Gasteiger partial charge in [-0.2, -0.15) is 0 Å². The summed E-state index contributed by atoms with van der Waals surface area (Å²) in [6, 6.07) is 87.7. The first-order valence-electron chi connectivity index (χ1n) is 20.8. The number of aromatic nitrogens is 1. The molecule has 1 aliphatic carbocycles. The predicted octanol–water partition coefficient (Wildman–Crippen LogP) is 15.3. The van der Waals surface area contributed by atoms with Gasteiger partial charge in [-0.3, -0.25) is 0 Å². The predicted molar refractivity (Wildman–Crippen MR) is 252 cm³/mol. The summed E-state index contributed by atoms with van der Waals surface area (Å²) in [6.45, 7) is 0. The van der Waals surface area contributed by atoms with Crippen molar-refractivity contribution in [3.63, 3.8) is 0 Å². The van der Waals surface area contributed by atoms with E-state index in [1.165, 1.54) is 105 Å². The van der Waals surface area contributed by atoms with E-state index >= 15 is 0 Å². The minimum absolute atomic E-state index is 0.637. The van der Waals surface area contributed by atoms with E-state index in [2.05, 4.69) is 241 Å². The van der Waals surface area contributed by atoms with E-state index < -0.39 is 5.41 Å². The normalized spacial score (nSPS) is 14.4. The molecule has 1 heteroatoms. The third-order valence-electron chi connectivity index (χ3n) is 12.9. The molecule has 11 aromatic rings. The van der Waals surface area contributed by atoms with Gasteiger partial charge in [0.15, 0.2) is 0 Å². The van der Waals surface area contributed by atoms with Crippen molar-refractivity contribution >= 4 is 32.6 Å². The van der Waals surface area contributed by atoms with Gasteiger partial charge < -0.3 is 4.57 Å². The van der Waals surface area contributed by atoms with Crippen molar-refractivity contribution in [3.8, 4) is 50.2 Å². The van der Waals surface area contributed by atoms with E-state index in [9.17, 15) is 0 Å². The highest BCUT2D eigenvalue weighted by Crippen LogP contribution is 2.56. The van der Waals surface area contributed by atoms with Crippen molar-refractivity contribution in [2.75, 3.05) is 0 Å². The fraction of sp³-hybridized carbons (Fsp3) is 0.0169. The average Bonchev–Trinajstić information content (AvgIpc) is 3.66. The van der Waals surface area contributed by atoms with Crippen molar-refractivity contribution < 1.29 is 0 Å². The molecule has 1 heterocycles. The van der Waals surface area contributed by atoms with Gasteiger partial charge in [0, 0.05) is 16.5 Å². The summed E-state index contributed by atoms with van der Waals surface area (Å²) in [7, 11) is 0. The lowest BCUT2D eigenvalue weighted by Gasteiger charge is -2.41. The second-order valence-electron chi connectivity index (χ2n) is 16.0. The van der Waals surface area contributed by atoms with Crippen LogP contribution in [0.3, 0.4) is 0 Å². The minimum atomic E-state index is -0.637. The van der Waals surface area contributed by atoms with Gasteiger partial charge in [0.05, 0.1) is 16.4 Å². The van der Waals surface area contributed by atoms with Crippen molar-refractivity contribution in [1.29, 1.82) is 0 Å². The molecule has 60 heavy (non-hydrogen) atoms. The molecule has 0 saturated carbocycles. The van der Waals surface area contributed by atoms with E-state index in [1.807, 2.05) is 0 Å². The van der Waals surface area contributed by atoms with Gasteiger partial charge in [0.25, 0.3) is 0 Å². The summed E-state index contributed by atoms with van der Waals surface area (Å²) >= 11 is 0. The SMILES string of the molecule is c1ccc(-c2c3cccc2C(c2ccccc2)(c2ccc(-c4ccc5c(c4)c4ccccc4n5-c4ccc5ccccc5c4)cc2)c2ccccc2-c2ccccc2-3)cc1. The molecular formula is C59H39N. The topological polar surface area (TPSA) is 4.93 Å². The number of para-hydroxylation sites is 1. The Morgan fingerprint density at radius 2 is 0.883 bits per heavy atom. The monoisotopic (exact) mass is 761 g/mol. The molecule has 0 saturated heterocycles. The Morgan fingerprint density at radius 1 is 0.300 bits per heavy atom. The number of rotatable bonds is 5. The van der Waals surface area contributed by atoms with Crippen LogP contribution in [0.5, 0.6) is 0 Å². The highest BCUT2D eigenvalue weighted by Gasteiger charge is 2.43. The summed E-state index contributed by atoms with van der Waals surface area (Å²) in [4.78, 5) is 0.